The zero-order valence-electron chi connectivity index (χ0n) is 8.88. The molecule has 0 bridgehead atoms. The Kier molecular flexibility index (Phi) is 2.53. The molecule has 1 aromatic heterocycles. The van der Waals surface area contributed by atoms with Crippen LogP contribution in [0.15, 0.2) is 24.3 Å². The van der Waals surface area contributed by atoms with Gasteiger partial charge >= 0.3 is 0 Å². The highest BCUT2D eigenvalue weighted by Crippen LogP contribution is 2.09. The van der Waals surface area contributed by atoms with Crippen molar-refractivity contribution in [3.05, 3.63) is 30.1 Å². The lowest BCUT2D eigenvalue weighted by Gasteiger charge is -1.92. The summed E-state index contributed by atoms with van der Waals surface area (Å²) in [4.78, 5) is 3.46. The fourth-order valence-corrected chi connectivity index (χ4v) is 1.83. The van der Waals surface area contributed by atoms with E-state index >= 15 is 0 Å². The van der Waals surface area contributed by atoms with Gasteiger partial charge in [0.15, 0.2) is 11.0 Å². The highest BCUT2D eigenvalue weighted by Gasteiger charge is 2.12. The second-order valence-electron chi connectivity index (χ2n) is 3.75. The third-order valence-electron chi connectivity index (χ3n) is 2.72. The lowest BCUT2D eigenvalue weighted by Crippen LogP contribution is -2.31. The van der Waals surface area contributed by atoms with Crippen molar-refractivity contribution >= 4 is 11.0 Å². The number of aromatic nitrogens is 2. The van der Waals surface area contributed by atoms with Crippen LogP contribution in [-0.2, 0) is 13.5 Å². The van der Waals surface area contributed by atoms with E-state index in [1.807, 2.05) is 0 Å². The van der Waals surface area contributed by atoms with Crippen molar-refractivity contribution in [1.29, 1.82) is 0 Å². The number of aromatic amines is 1. The lowest BCUT2D eigenvalue weighted by molar-refractivity contribution is -0.652. The Morgan fingerprint density at radius 3 is 2.79 bits per heavy atom. The predicted molar refractivity (Wildman–Crippen MR) is 58.1 cm³/mol. The summed E-state index contributed by atoms with van der Waals surface area (Å²) in [7, 11) is 2.13. The number of fused-ring (bicyclic) bond motifs is 1. The normalized spacial score (nSPS) is 11.0. The zero-order valence-corrected chi connectivity index (χ0v) is 8.88. The number of rotatable bonds is 3. The van der Waals surface area contributed by atoms with Crippen molar-refractivity contribution in [1.82, 2.24) is 4.98 Å². The molecule has 1 heterocycles. The van der Waals surface area contributed by atoms with E-state index in [9.17, 15) is 0 Å². The molecule has 74 valence electrons. The molecule has 0 aliphatic heterocycles. The molecular formula is C12H17N2+. The molecule has 0 saturated heterocycles. The molecule has 0 fully saturated rings. The van der Waals surface area contributed by atoms with E-state index in [2.05, 4.69) is 47.8 Å². The summed E-state index contributed by atoms with van der Waals surface area (Å²) in [5, 5.41) is 0. The molecule has 14 heavy (non-hydrogen) atoms. The molecule has 2 rings (SSSR count). The van der Waals surface area contributed by atoms with Crippen molar-refractivity contribution in [2.45, 2.75) is 26.2 Å². The number of H-pyrrole nitrogens is 1. The van der Waals surface area contributed by atoms with Crippen LogP contribution in [0.5, 0.6) is 0 Å². The molecule has 0 amide bonds. The topological polar surface area (TPSA) is 19.7 Å². The van der Waals surface area contributed by atoms with Gasteiger partial charge in [0.1, 0.15) is 0 Å². The van der Waals surface area contributed by atoms with Gasteiger partial charge in [0.05, 0.1) is 7.05 Å². The van der Waals surface area contributed by atoms with Gasteiger partial charge in [0.2, 0.25) is 0 Å². The maximum atomic E-state index is 3.46. The first-order chi connectivity index (χ1) is 6.83. The van der Waals surface area contributed by atoms with E-state index < -0.39 is 0 Å². The Labute approximate surface area is 84.6 Å². The first-order valence-electron chi connectivity index (χ1n) is 5.28. The van der Waals surface area contributed by atoms with Gasteiger partial charge < -0.3 is 0 Å². The quantitative estimate of drug-likeness (QED) is 0.715. The Morgan fingerprint density at radius 1 is 1.29 bits per heavy atom. The third-order valence-corrected chi connectivity index (χ3v) is 2.72. The maximum absolute atomic E-state index is 3.46. The molecule has 0 spiro atoms. The molecular weight excluding hydrogens is 172 g/mol. The molecule has 0 unspecified atom stereocenters. The Hall–Kier alpha value is -1.31. The van der Waals surface area contributed by atoms with Gasteiger partial charge in [-0.05, 0) is 18.6 Å². The maximum Gasteiger partial charge on any atom is 0.254 e. The van der Waals surface area contributed by atoms with E-state index in [0.29, 0.717) is 0 Å². The van der Waals surface area contributed by atoms with Crippen LogP contribution in [0.1, 0.15) is 25.6 Å². The van der Waals surface area contributed by atoms with Crippen LogP contribution >= 0.6 is 0 Å². The molecule has 0 aliphatic carbocycles. The number of imidazole rings is 1. The molecule has 0 saturated carbocycles. The highest BCUT2D eigenvalue weighted by atomic mass is 15.1. The first-order valence-corrected chi connectivity index (χ1v) is 5.28. The summed E-state index contributed by atoms with van der Waals surface area (Å²) in [5.41, 5.74) is 2.53. The van der Waals surface area contributed by atoms with Crippen molar-refractivity contribution in [2.24, 2.45) is 7.05 Å². The number of para-hydroxylation sites is 2. The van der Waals surface area contributed by atoms with E-state index in [1.165, 1.54) is 29.7 Å². The molecule has 0 radical (unpaired) electrons. The largest absolute Gasteiger partial charge is 0.254 e. The molecule has 2 aromatic rings. The van der Waals surface area contributed by atoms with E-state index in [0.717, 1.165) is 6.42 Å². The monoisotopic (exact) mass is 189 g/mol. The Morgan fingerprint density at radius 2 is 2.07 bits per heavy atom. The number of hydrogen-bond acceptors (Lipinski definition) is 0. The SMILES string of the molecule is CCCCc1[nH]c2ccccc2[n+]1C. The lowest BCUT2D eigenvalue weighted by atomic mass is 10.2. The van der Waals surface area contributed by atoms with Crippen LogP contribution in [0, 0.1) is 0 Å². The van der Waals surface area contributed by atoms with Crippen LogP contribution < -0.4 is 4.57 Å². The van der Waals surface area contributed by atoms with E-state index in [-0.39, 0.29) is 0 Å². The number of benzene rings is 1. The van der Waals surface area contributed by atoms with Crippen LogP contribution in [0.2, 0.25) is 0 Å². The number of aryl methyl sites for hydroxylation is 2. The van der Waals surface area contributed by atoms with Crippen LogP contribution in [-0.4, -0.2) is 4.98 Å². The molecule has 0 atom stereocenters. The van der Waals surface area contributed by atoms with E-state index in [4.69, 9.17) is 0 Å². The van der Waals surface area contributed by atoms with Gasteiger partial charge in [-0.1, -0.05) is 25.5 Å². The van der Waals surface area contributed by atoms with Gasteiger partial charge in [0, 0.05) is 6.42 Å². The summed E-state index contributed by atoms with van der Waals surface area (Å²) in [6, 6.07) is 8.44. The molecule has 1 aromatic carbocycles. The van der Waals surface area contributed by atoms with Gasteiger partial charge in [0.25, 0.3) is 5.82 Å². The average molecular weight is 189 g/mol. The van der Waals surface area contributed by atoms with Crippen molar-refractivity contribution in [2.75, 3.05) is 0 Å². The standard InChI is InChI=1S/C12H16N2/c1-3-4-9-12-13-10-7-5-6-8-11(10)14(12)2/h5-8H,3-4,9H2,1-2H3/p+1. The number of hydrogen-bond donors (Lipinski definition) is 1. The van der Waals surface area contributed by atoms with Crippen LogP contribution in [0.4, 0.5) is 0 Å². The van der Waals surface area contributed by atoms with Crippen molar-refractivity contribution in [3.8, 4) is 0 Å². The molecule has 2 heteroatoms. The fourth-order valence-electron chi connectivity index (χ4n) is 1.83. The summed E-state index contributed by atoms with van der Waals surface area (Å²) in [6.07, 6.45) is 3.64. The van der Waals surface area contributed by atoms with Gasteiger partial charge in [-0.25, -0.2) is 9.55 Å². The smallest absolute Gasteiger partial charge is 0.241 e. The second kappa shape index (κ2) is 3.82. The number of nitrogens with zero attached hydrogens (tertiary/aromatic N) is 1. The van der Waals surface area contributed by atoms with Crippen molar-refractivity contribution in [3.63, 3.8) is 0 Å². The van der Waals surface area contributed by atoms with E-state index in [1.54, 1.807) is 0 Å². The first kappa shape index (κ1) is 9.25. The Balaban J connectivity index is 2.41. The highest BCUT2D eigenvalue weighted by molar-refractivity contribution is 5.70. The summed E-state index contributed by atoms with van der Waals surface area (Å²) in [5.74, 6) is 1.33. The average Bonchev–Trinajstić information content (AvgIpc) is 2.54. The summed E-state index contributed by atoms with van der Waals surface area (Å²) < 4.78 is 2.25. The predicted octanol–water partition coefficient (Wildman–Crippen LogP) is 2.33. The molecule has 1 N–H and O–H groups in total. The minimum absolute atomic E-state index is 1.14. The molecule has 2 nitrogen and oxygen atoms in total. The van der Waals surface area contributed by atoms with Gasteiger partial charge in [-0.2, -0.15) is 0 Å². The zero-order chi connectivity index (χ0) is 9.97. The summed E-state index contributed by atoms with van der Waals surface area (Å²) >= 11 is 0. The third kappa shape index (κ3) is 1.52. The number of unbranched alkanes of at least 4 members (excludes halogenated alkanes) is 1. The minimum atomic E-state index is 1.14. The minimum Gasteiger partial charge on any atom is -0.241 e. The van der Waals surface area contributed by atoms with Crippen LogP contribution in [0.3, 0.4) is 0 Å². The Bertz CT molecular complexity index is 429. The fraction of sp³-hybridized carbons (Fsp3) is 0.417. The van der Waals surface area contributed by atoms with Gasteiger partial charge in [-0.15, -0.1) is 0 Å². The molecule has 0 aliphatic rings. The second-order valence-corrected chi connectivity index (χ2v) is 3.75. The number of nitrogens with one attached hydrogen (secondary N) is 1. The summed E-state index contributed by atoms with van der Waals surface area (Å²) in [6.45, 7) is 2.22. The van der Waals surface area contributed by atoms with Gasteiger partial charge in [-0.3, -0.25) is 0 Å². The van der Waals surface area contributed by atoms with Crippen LogP contribution in [0.25, 0.3) is 11.0 Å². The van der Waals surface area contributed by atoms with Crippen molar-refractivity contribution < 1.29 is 4.57 Å².